The predicted molar refractivity (Wildman–Crippen MR) is 72.4 cm³/mol. The Labute approximate surface area is 111 Å². The fraction of sp³-hybridized carbons (Fsp3) is 1.00. The van der Waals surface area contributed by atoms with Crippen LogP contribution in [0.5, 0.6) is 0 Å². The number of hydrogen-bond acceptors (Lipinski definition) is 2. The molecule has 1 heterocycles. The summed E-state index contributed by atoms with van der Waals surface area (Å²) in [4.78, 5) is 2.34. The van der Waals surface area contributed by atoms with Crippen LogP contribution in [0.1, 0.15) is 38.5 Å². The summed E-state index contributed by atoms with van der Waals surface area (Å²) in [5.41, 5.74) is 0.327. The van der Waals surface area contributed by atoms with Gasteiger partial charge in [0, 0.05) is 6.54 Å². The molecule has 2 nitrogen and oxygen atoms in total. The Kier molecular flexibility index (Phi) is 2.58. The normalized spacial score (nSPS) is 53.8. The van der Waals surface area contributed by atoms with Crippen molar-refractivity contribution in [2.24, 2.45) is 29.6 Å². The summed E-state index contributed by atoms with van der Waals surface area (Å²) in [5, 5.41) is 0. The average molecular weight is 249 g/mol. The minimum absolute atomic E-state index is 0.327. The van der Waals surface area contributed by atoms with Crippen LogP contribution in [0.4, 0.5) is 0 Å². The number of rotatable bonds is 2. The van der Waals surface area contributed by atoms with Crippen molar-refractivity contribution in [3.8, 4) is 0 Å². The first-order valence-corrected chi connectivity index (χ1v) is 7.94. The van der Waals surface area contributed by atoms with Gasteiger partial charge in [-0.3, -0.25) is 0 Å². The highest BCUT2D eigenvalue weighted by molar-refractivity contribution is 5.10. The maximum absolute atomic E-state index is 6.50. The van der Waals surface area contributed by atoms with Crippen LogP contribution in [-0.4, -0.2) is 37.7 Å². The van der Waals surface area contributed by atoms with E-state index < -0.39 is 0 Å². The van der Waals surface area contributed by atoms with Crippen LogP contribution in [0.25, 0.3) is 0 Å². The Bertz CT molecular complexity index is 310. The highest BCUT2D eigenvalue weighted by Gasteiger charge is 2.60. The molecule has 1 spiro atoms. The summed E-state index contributed by atoms with van der Waals surface area (Å²) in [5.74, 6) is 4.75. The van der Waals surface area contributed by atoms with Gasteiger partial charge in [-0.05, 0) is 82.2 Å². The first kappa shape index (κ1) is 11.7. The van der Waals surface area contributed by atoms with Crippen LogP contribution in [-0.2, 0) is 4.74 Å². The van der Waals surface area contributed by atoms with Gasteiger partial charge >= 0.3 is 0 Å². The van der Waals surface area contributed by atoms with E-state index in [2.05, 4.69) is 19.0 Å². The summed E-state index contributed by atoms with van der Waals surface area (Å²) in [6, 6.07) is 0. The molecule has 18 heavy (non-hydrogen) atoms. The zero-order valence-electron chi connectivity index (χ0n) is 11.9. The Hall–Kier alpha value is -0.0800. The summed E-state index contributed by atoms with van der Waals surface area (Å²) in [6.07, 6.45) is 8.86. The number of nitrogens with zero attached hydrogens (tertiary/aromatic N) is 1. The molecule has 1 aliphatic heterocycles. The lowest BCUT2D eigenvalue weighted by Crippen LogP contribution is -2.57. The molecule has 2 heteroatoms. The lowest BCUT2D eigenvalue weighted by atomic mass is 9.49. The monoisotopic (exact) mass is 249 g/mol. The molecule has 0 aromatic carbocycles. The van der Waals surface area contributed by atoms with Gasteiger partial charge < -0.3 is 9.64 Å². The van der Waals surface area contributed by atoms with E-state index in [0.29, 0.717) is 5.60 Å². The van der Waals surface area contributed by atoms with Crippen molar-refractivity contribution >= 4 is 0 Å². The van der Waals surface area contributed by atoms with Crippen molar-refractivity contribution in [1.82, 2.24) is 4.90 Å². The van der Waals surface area contributed by atoms with Crippen molar-refractivity contribution in [1.29, 1.82) is 0 Å². The van der Waals surface area contributed by atoms with E-state index in [1.165, 1.54) is 38.6 Å². The quantitative estimate of drug-likeness (QED) is 0.746. The lowest BCUT2D eigenvalue weighted by molar-refractivity contribution is -0.179. The topological polar surface area (TPSA) is 12.5 Å². The van der Waals surface area contributed by atoms with Crippen LogP contribution in [0, 0.1) is 29.6 Å². The standard InChI is InChI=1S/C16H27NO/c1-17(2)9-13-8-16(18-10-13)14-4-11-3-12(6-14)7-15(16)5-11/h11-15H,3-10H2,1-2H3. The first-order chi connectivity index (χ1) is 8.65. The third-order valence-electron chi connectivity index (χ3n) is 6.34. The van der Waals surface area contributed by atoms with Crippen LogP contribution in [0.3, 0.4) is 0 Å². The Morgan fingerprint density at radius 2 is 1.61 bits per heavy atom. The van der Waals surface area contributed by atoms with Gasteiger partial charge in [-0.25, -0.2) is 0 Å². The van der Waals surface area contributed by atoms with Gasteiger partial charge in [0.1, 0.15) is 0 Å². The second-order valence-corrected chi connectivity index (χ2v) is 7.90. The van der Waals surface area contributed by atoms with Crippen LogP contribution < -0.4 is 0 Å². The van der Waals surface area contributed by atoms with Crippen molar-refractivity contribution < 1.29 is 4.74 Å². The Morgan fingerprint density at radius 3 is 2.17 bits per heavy atom. The third-order valence-corrected chi connectivity index (χ3v) is 6.34. The molecule has 5 aliphatic rings. The Balaban J connectivity index is 1.54. The largest absolute Gasteiger partial charge is 0.374 e. The maximum atomic E-state index is 6.50. The molecule has 0 N–H and O–H groups in total. The van der Waals surface area contributed by atoms with Crippen molar-refractivity contribution in [2.45, 2.75) is 44.1 Å². The zero-order chi connectivity index (χ0) is 12.3. The Morgan fingerprint density at radius 1 is 1.00 bits per heavy atom. The van der Waals surface area contributed by atoms with Gasteiger partial charge in [-0.1, -0.05) is 0 Å². The van der Waals surface area contributed by atoms with E-state index >= 15 is 0 Å². The van der Waals surface area contributed by atoms with E-state index in [4.69, 9.17) is 4.74 Å². The minimum atomic E-state index is 0.327. The predicted octanol–water partition coefficient (Wildman–Crippen LogP) is 2.78. The molecule has 5 fully saturated rings. The van der Waals surface area contributed by atoms with E-state index in [0.717, 1.165) is 36.2 Å². The van der Waals surface area contributed by atoms with E-state index in [-0.39, 0.29) is 0 Å². The summed E-state index contributed by atoms with van der Waals surface area (Å²) < 4.78 is 6.50. The molecule has 0 amide bonds. The fourth-order valence-electron chi connectivity index (χ4n) is 6.03. The summed E-state index contributed by atoms with van der Waals surface area (Å²) >= 11 is 0. The zero-order valence-corrected chi connectivity index (χ0v) is 11.9. The SMILES string of the molecule is CN(C)CC1COC2(C1)C1CC3CC(C1)CC2C3. The lowest BCUT2D eigenvalue weighted by Gasteiger charge is -2.59. The molecule has 1 saturated heterocycles. The second kappa shape index (κ2) is 3.96. The van der Waals surface area contributed by atoms with Crippen LogP contribution in [0.15, 0.2) is 0 Å². The molecule has 0 radical (unpaired) electrons. The molecule has 4 saturated carbocycles. The van der Waals surface area contributed by atoms with Gasteiger partial charge in [0.05, 0.1) is 12.2 Å². The van der Waals surface area contributed by atoms with Crippen molar-refractivity contribution in [2.75, 3.05) is 27.2 Å². The van der Waals surface area contributed by atoms with Gasteiger partial charge in [0.25, 0.3) is 0 Å². The molecule has 5 rings (SSSR count). The average Bonchev–Trinajstić information content (AvgIpc) is 2.69. The molecule has 4 bridgehead atoms. The fourth-order valence-corrected chi connectivity index (χ4v) is 6.03. The molecule has 1 atom stereocenters. The summed E-state index contributed by atoms with van der Waals surface area (Å²) in [6.45, 7) is 2.24. The van der Waals surface area contributed by atoms with Crippen molar-refractivity contribution in [3.05, 3.63) is 0 Å². The van der Waals surface area contributed by atoms with Gasteiger partial charge in [0.2, 0.25) is 0 Å². The van der Waals surface area contributed by atoms with Crippen LogP contribution >= 0.6 is 0 Å². The van der Waals surface area contributed by atoms with E-state index in [9.17, 15) is 0 Å². The second-order valence-electron chi connectivity index (χ2n) is 7.90. The first-order valence-electron chi connectivity index (χ1n) is 7.94. The smallest absolute Gasteiger partial charge is 0.0743 e. The molecule has 102 valence electrons. The van der Waals surface area contributed by atoms with Gasteiger partial charge in [-0.15, -0.1) is 0 Å². The number of hydrogen-bond donors (Lipinski definition) is 0. The molecular weight excluding hydrogens is 222 g/mol. The van der Waals surface area contributed by atoms with Gasteiger partial charge in [0.15, 0.2) is 0 Å². The minimum Gasteiger partial charge on any atom is -0.374 e. The summed E-state index contributed by atoms with van der Waals surface area (Å²) in [7, 11) is 4.39. The van der Waals surface area contributed by atoms with Crippen molar-refractivity contribution in [3.63, 3.8) is 0 Å². The third kappa shape index (κ3) is 1.61. The molecule has 1 unspecified atom stereocenters. The van der Waals surface area contributed by atoms with Crippen LogP contribution in [0.2, 0.25) is 0 Å². The maximum Gasteiger partial charge on any atom is 0.0743 e. The molecular formula is C16H27NO. The highest BCUT2D eigenvalue weighted by Crippen LogP contribution is 2.62. The number of ether oxygens (including phenoxy) is 1. The van der Waals surface area contributed by atoms with E-state index in [1.807, 2.05) is 0 Å². The van der Waals surface area contributed by atoms with Gasteiger partial charge in [-0.2, -0.15) is 0 Å². The molecule has 0 aromatic rings. The molecule has 4 aliphatic carbocycles. The molecule has 0 aromatic heterocycles. The highest BCUT2D eigenvalue weighted by atomic mass is 16.5. The van der Waals surface area contributed by atoms with E-state index in [1.54, 1.807) is 6.42 Å².